The molecule has 1 saturated carbocycles. The van der Waals surface area contributed by atoms with Gasteiger partial charge < -0.3 is 14.4 Å². The number of amides is 1. The average molecular weight is 369 g/mol. The molecule has 2 saturated heterocycles. The fraction of sp³-hybridized carbons (Fsp3) is 0.632. The molecule has 1 aliphatic carbocycles. The first-order valence-corrected chi connectivity index (χ1v) is 9.03. The number of ether oxygens (including phenoxy) is 2. The lowest BCUT2D eigenvalue weighted by Gasteiger charge is -2.34. The van der Waals surface area contributed by atoms with Crippen LogP contribution in [-0.2, 0) is 9.53 Å². The molecule has 4 nitrogen and oxygen atoms in total. The fourth-order valence-corrected chi connectivity index (χ4v) is 4.08. The van der Waals surface area contributed by atoms with E-state index in [2.05, 4.69) is 0 Å². The standard InChI is InChI=1S/C19H22F3NO3/c1-13(19(20,21)22)26-15-4-2-14(3-5-15)23-11-10-17(16(23)24)6-8-18(9-7-17)12-25-18/h2-5,13H,6-12H2,1H3/t13-,17-,18-/m1/s1. The van der Waals surface area contributed by atoms with E-state index < -0.39 is 12.3 Å². The molecule has 0 N–H and O–H groups in total. The molecule has 2 spiro atoms. The minimum Gasteiger partial charge on any atom is -0.481 e. The molecule has 142 valence electrons. The lowest BCUT2D eigenvalue weighted by molar-refractivity contribution is -0.189. The summed E-state index contributed by atoms with van der Waals surface area (Å²) >= 11 is 0. The summed E-state index contributed by atoms with van der Waals surface area (Å²) in [4.78, 5) is 14.8. The third kappa shape index (κ3) is 3.06. The van der Waals surface area contributed by atoms with Crippen LogP contribution in [-0.4, -0.2) is 36.9 Å². The van der Waals surface area contributed by atoms with Crippen LogP contribution in [0.25, 0.3) is 0 Å². The number of carbonyl (C=O) groups excluding carboxylic acids is 1. The fourth-order valence-electron chi connectivity index (χ4n) is 4.08. The number of alkyl halides is 3. The number of epoxide rings is 1. The van der Waals surface area contributed by atoms with Crippen LogP contribution in [0.3, 0.4) is 0 Å². The molecule has 0 unspecified atom stereocenters. The zero-order valence-electron chi connectivity index (χ0n) is 14.6. The Hall–Kier alpha value is -1.76. The van der Waals surface area contributed by atoms with Gasteiger partial charge in [-0.3, -0.25) is 4.79 Å². The van der Waals surface area contributed by atoms with Crippen LogP contribution in [0.1, 0.15) is 39.0 Å². The zero-order chi connectivity index (χ0) is 18.6. The number of hydrogen-bond acceptors (Lipinski definition) is 3. The van der Waals surface area contributed by atoms with Gasteiger partial charge in [0.2, 0.25) is 5.91 Å². The second-order valence-corrected chi connectivity index (χ2v) is 7.75. The minimum atomic E-state index is -4.40. The number of nitrogens with zero attached hydrogens (tertiary/aromatic N) is 1. The molecule has 7 heteroatoms. The molecule has 1 aromatic carbocycles. The van der Waals surface area contributed by atoms with E-state index in [1.54, 1.807) is 17.0 Å². The van der Waals surface area contributed by atoms with Crippen molar-refractivity contribution in [3.63, 3.8) is 0 Å². The van der Waals surface area contributed by atoms with Crippen LogP contribution >= 0.6 is 0 Å². The first kappa shape index (κ1) is 17.6. The lowest BCUT2D eigenvalue weighted by atomic mass is 9.69. The third-order valence-corrected chi connectivity index (χ3v) is 6.11. The van der Waals surface area contributed by atoms with Gasteiger partial charge in [-0.05, 0) is 63.3 Å². The van der Waals surface area contributed by atoms with Crippen molar-refractivity contribution in [3.05, 3.63) is 24.3 Å². The maximum absolute atomic E-state index is 13.0. The molecule has 1 aromatic rings. The van der Waals surface area contributed by atoms with Crippen LogP contribution in [0.4, 0.5) is 18.9 Å². The van der Waals surface area contributed by atoms with Gasteiger partial charge >= 0.3 is 6.18 Å². The number of hydrogen-bond donors (Lipinski definition) is 0. The number of rotatable bonds is 3. The van der Waals surface area contributed by atoms with Gasteiger partial charge in [0.15, 0.2) is 6.10 Å². The van der Waals surface area contributed by atoms with Crippen molar-refractivity contribution in [1.82, 2.24) is 0 Å². The summed E-state index contributed by atoms with van der Waals surface area (Å²) in [5.41, 5.74) is 0.464. The van der Waals surface area contributed by atoms with E-state index in [0.29, 0.717) is 12.2 Å². The molecule has 26 heavy (non-hydrogen) atoms. The monoisotopic (exact) mass is 369 g/mol. The summed E-state index contributed by atoms with van der Waals surface area (Å²) in [6, 6.07) is 6.29. The Morgan fingerprint density at radius 2 is 1.73 bits per heavy atom. The predicted molar refractivity (Wildman–Crippen MR) is 89.1 cm³/mol. The Labute approximate surface area is 150 Å². The molecule has 2 heterocycles. The smallest absolute Gasteiger partial charge is 0.425 e. The van der Waals surface area contributed by atoms with Gasteiger partial charge in [-0.25, -0.2) is 0 Å². The SMILES string of the molecule is C[C@@H](Oc1ccc(N2CC[C@]3(CC[C@@]4(CC3)CO4)C2=O)cc1)C(F)(F)F. The van der Waals surface area contributed by atoms with Crippen LogP contribution in [0.2, 0.25) is 0 Å². The highest BCUT2D eigenvalue weighted by atomic mass is 19.4. The number of halogens is 3. The van der Waals surface area contributed by atoms with Crippen molar-refractivity contribution in [2.24, 2.45) is 5.41 Å². The normalized spacial score (nSPS) is 32.3. The molecular weight excluding hydrogens is 347 g/mol. The average Bonchev–Trinajstić information content (AvgIpc) is 3.29. The Bertz CT molecular complexity index is 687. The summed E-state index contributed by atoms with van der Waals surface area (Å²) in [7, 11) is 0. The van der Waals surface area contributed by atoms with E-state index in [1.165, 1.54) is 12.1 Å². The van der Waals surface area contributed by atoms with Gasteiger partial charge in [0, 0.05) is 12.2 Å². The number of anilines is 1. The van der Waals surface area contributed by atoms with Crippen molar-refractivity contribution in [1.29, 1.82) is 0 Å². The largest absolute Gasteiger partial charge is 0.481 e. The maximum Gasteiger partial charge on any atom is 0.425 e. The Morgan fingerprint density at radius 1 is 1.12 bits per heavy atom. The third-order valence-electron chi connectivity index (χ3n) is 6.11. The first-order chi connectivity index (χ1) is 12.2. The quantitative estimate of drug-likeness (QED) is 0.754. The Morgan fingerprint density at radius 3 is 2.27 bits per heavy atom. The maximum atomic E-state index is 13.0. The Balaban J connectivity index is 1.43. The summed E-state index contributed by atoms with van der Waals surface area (Å²) in [6.07, 6.45) is -1.86. The molecule has 3 aliphatic rings. The van der Waals surface area contributed by atoms with Gasteiger partial charge in [0.25, 0.3) is 0 Å². The predicted octanol–water partition coefficient (Wildman–Crippen LogP) is 4.08. The molecular formula is C19H22F3NO3. The summed E-state index contributed by atoms with van der Waals surface area (Å²) in [6.45, 7) is 2.44. The van der Waals surface area contributed by atoms with Crippen molar-refractivity contribution in [3.8, 4) is 5.75 Å². The van der Waals surface area contributed by atoms with Crippen LogP contribution in [0.5, 0.6) is 5.75 Å². The van der Waals surface area contributed by atoms with Crippen molar-refractivity contribution in [2.45, 2.75) is 56.9 Å². The van der Waals surface area contributed by atoms with Crippen molar-refractivity contribution >= 4 is 11.6 Å². The van der Waals surface area contributed by atoms with Crippen LogP contribution < -0.4 is 9.64 Å². The molecule has 1 atom stereocenters. The molecule has 0 aromatic heterocycles. The van der Waals surface area contributed by atoms with E-state index in [0.717, 1.165) is 45.6 Å². The van der Waals surface area contributed by atoms with Crippen LogP contribution in [0.15, 0.2) is 24.3 Å². The highest BCUT2D eigenvalue weighted by molar-refractivity contribution is 6.00. The van der Waals surface area contributed by atoms with Gasteiger partial charge in [0.05, 0.1) is 17.6 Å². The molecule has 2 aliphatic heterocycles. The topological polar surface area (TPSA) is 42.1 Å². The molecule has 0 bridgehead atoms. The number of carbonyl (C=O) groups is 1. The van der Waals surface area contributed by atoms with Gasteiger partial charge in [-0.2, -0.15) is 13.2 Å². The molecule has 0 radical (unpaired) electrons. The summed E-state index contributed by atoms with van der Waals surface area (Å²) < 4.78 is 48.2. The molecule has 4 rings (SSSR count). The van der Waals surface area contributed by atoms with Crippen molar-refractivity contribution < 1.29 is 27.4 Å². The second kappa shape index (κ2) is 5.87. The summed E-state index contributed by atoms with van der Waals surface area (Å²) in [5, 5.41) is 0. The van der Waals surface area contributed by atoms with Crippen molar-refractivity contribution in [2.75, 3.05) is 18.1 Å². The zero-order valence-corrected chi connectivity index (χ0v) is 14.6. The highest BCUT2D eigenvalue weighted by Gasteiger charge is 2.56. The highest BCUT2D eigenvalue weighted by Crippen LogP contribution is 2.53. The minimum absolute atomic E-state index is 0.0487. The van der Waals surface area contributed by atoms with E-state index >= 15 is 0 Å². The van der Waals surface area contributed by atoms with Crippen LogP contribution in [0, 0.1) is 5.41 Å². The molecule has 1 amide bonds. The number of benzene rings is 1. The van der Waals surface area contributed by atoms with E-state index in [9.17, 15) is 18.0 Å². The lowest BCUT2D eigenvalue weighted by Crippen LogP contribution is -2.39. The molecule has 3 fully saturated rings. The van der Waals surface area contributed by atoms with E-state index in [-0.39, 0.29) is 22.7 Å². The van der Waals surface area contributed by atoms with Gasteiger partial charge in [-0.15, -0.1) is 0 Å². The van der Waals surface area contributed by atoms with Gasteiger partial charge in [-0.1, -0.05) is 0 Å². The Kier molecular flexibility index (Phi) is 3.99. The second-order valence-electron chi connectivity index (χ2n) is 7.75. The van der Waals surface area contributed by atoms with E-state index in [1.807, 2.05) is 0 Å². The summed E-state index contributed by atoms with van der Waals surface area (Å²) in [5.74, 6) is 0.274. The first-order valence-electron chi connectivity index (χ1n) is 9.03. The van der Waals surface area contributed by atoms with E-state index in [4.69, 9.17) is 9.47 Å². The van der Waals surface area contributed by atoms with Gasteiger partial charge in [0.1, 0.15) is 5.75 Å².